The largest absolute Gasteiger partial charge is 0.494 e. The van der Waals surface area contributed by atoms with Crippen LogP contribution in [0.15, 0.2) is 54.6 Å². The molecule has 1 saturated heterocycles. The number of carbonyl (C=O) groups excluding carboxylic acids is 1. The number of ether oxygens (including phenoxy) is 2. The minimum atomic E-state index is 0.0108. The second kappa shape index (κ2) is 8.27. The fourth-order valence-electron chi connectivity index (χ4n) is 3.30. The van der Waals surface area contributed by atoms with Crippen molar-refractivity contribution in [2.45, 2.75) is 6.92 Å². The maximum Gasteiger partial charge on any atom is 0.254 e. The third kappa shape index (κ3) is 3.92. The number of nitrogens with zero attached hydrogens (tertiary/aromatic N) is 2. The van der Waals surface area contributed by atoms with E-state index < -0.39 is 0 Å². The fourth-order valence-corrected chi connectivity index (χ4v) is 3.30. The Morgan fingerprint density at radius 3 is 2.64 bits per heavy atom. The Balaban J connectivity index is 1.66. The molecule has 2 heterocycles. The number of rotatable bonds is 5. The smallest absolute Gasteiger partial charge is 0.254 e. The molecule has 6 heteroatoms. The van der Waals surface area contributed by atoms with E-state index in [9.17, 15) is 4.79 Å². The van der Waals surface area contributed by atoms with Crippen molar-refractivity contribution in [1.29, 1.82) is 0 Å². The van der Waals surface area contributed by atoms with Crippen molar-refractivity contribution < 1.29 is 14.3 Å². The first-order chi connectivity index (χ1) is 13.7. The number of morpholine rings is 1. The molecule has 4 rings (SSSR count). The summed E-state index contributed by atoms with van der Waals surface area (Å²) >= 11 is 0. The lowest BCUT2D eigenvalue weighted by molar-refractivity contribution is 0.0304. The predicted molar refractivity (Wildman–Crippen MR) is 109 cm³/mol. The molecule has 0 spiro atoms. The van der Waals surface area contributed by atoms with Gasteiger partial charge in [0, 0.05) is 24.2 Å². The Bertz CT molecular complexity index is 966. The van der Waals surface area contributed by atoms with Crippen LogP contribution in [0.25, 0.3) is 10.9 Å². The number of nitrogens with one attached hydrogen (secondary N) is 1. The molecule has 1 fully saturated rings. The van der Waals surface area contributed by atoms with E-state index in [2.05, 4.69) is 10.3 Å². The number of carbonyl (C=O) groups is 1. The summed E-state index contributed by atoms with van der Waals surface area (Å²) in [6.07, 6.45) is 0. The SMILES string of the molecule is CCOc1ccc(Nc2cc(C(=O)N3CCOCC3)c3ccccc3n2)cc1. The molecular weight excluding hydrogens is 354 g/mol. The highest BCUT2D eigenvalue weighted by atomic mass is 16.5. The van der Waals surface area contributed by atoms with E-state index in [1.165, 1.54) is 0 Å². The zero-order valence-corrected chi connectivity index (χ0v) is 15.9. The van der Waals surface area contributed by atoms with E-state index in [1.54, 1.807) is 0 Å². The Morgan fingerprint density at radius 1 is 1.14 bits per heavy atom. The van der Waals surface area contributed by atoms with Gasteiger partial charge in [-0.15, -0.1) is 0 Å². The van der Waals surface area contributed by atoms with Gasteiger partial charge in [-0.3, -0.25) is 4.79 Å². The summed E-state index contributed by atoms with van der Waals surface area (Å²) in [5, 5.41) is 4.16. The van der Waals surface area contributed by atoms with Crippen LogP contribution in [-0.2, 0) is 4.74 Å². The molecular formula is C22H23N3O3. The summed E-state index contributed by atoms with van der Waals surface area (Å²) in [4.78, 5) is 19.7. The lowest BCUT2D eigenvalue weighted by atomic mass is 10.1. The molecule has 0 saturated carbocycles. The summed E-state index contributed by atoms with van der Waals surface area (Å²) in [6, 6.07) is 17.2. The van der Waals surface area contributed by atoms with Gasteiger partial charge < -0.3 is 19.7 Å². The second-order valence-corrected chi connectivity index (χ2v) is 6.56. The predicted octanol–water partition coefficient (Wildman–Crippen LogP) is 3.85. The Labute approximate surface area is 164 Å². The maximum absolute atomic E-state index is 13.1. The van der Waals surface area contributed by atoms with Crippen LogP contribution < -0.4 is 10.1 Å². The summed E-state index contributed by atoms with van der Waals surface area (Å²) in [6.45, 7) is 4.95. The van der Waals surface area contributed by atoms with Crippen molar-refractivity contribution in [2.24, 2.45) is 0 Å². The highest BCUT2D eigenvalue weighted by Crippen LogP contribution is 2.25. The van der Waals surface area contributed by atoms with E-state index in [4.69, 9.17) is 9.47 Å². The molecule has 1 N–H and O–H groups in total. The summed E-state index contributed by atoms with van der Waals surface area (Å²) in [5.41, 5.74) is 2.33. The van der Waals surface area contributed by atoms with Crippen LogP contribution >= 0.6 is 0 Å². The van der Waals surface area contributed by atoms with Crippen LogP contribution in [-0.4, -0.2) is 48.7 Å². The van der Waals surface area contributed by atoms with Crippen molar-refractivity contribution in [1.82, 2.24) is 9.88 Å². The number of hydrogen-bond acceptors (Lipinski definition) is 5. The molecule has 0 radical (unpaired) electrons. The summed E-state index contributed by atoms with van der Waals surface area (Å²) in [5.74, 6) is 1.47. The van der Waals surface area contributed by atoms with Gasteiger partial charge in [-0.1, -0.05) is 18.2 Å². The van der Waals surface area contributed by atoms with Crippen molar-refractivity contribution in [3.8, 4) is 5.75 Å². The maximum atomic E-state index is 13.1. The van der Waals surface area contributed by atoms with E-state index in [0.29, 0.717) is 44.3 Å². The first-order valence-corrected chi connectivity index (χ1v) is 9.51. The normalized spacial score (nSPS) is 14.1. The molecule has 6 nitrogen and oxygen atoms in total. The van der Waals surface area contributed by atoms with Crippen LogP contribution in [0.1, 0.15) is 17.3 Å². The van der Waals surface area contributed by atoms with Gasteiger partial charge in [0.2, 0.25) is 0 Å². The Kier molecular flexibility index (Phi) is 5.39. The number of fused-ring (bicyclic) bond motifs is 1. The Morgan fingerprint density at radius 2 is 1.89 bits per heavy atom. The van der Waals surface area contributed by atoms with E-state index in [-0.39, 0.29) is 5.91 Å². The van der Waals surface area contributed by atoms with Gasteiger partial charge in [0.15, 0.2) is 0 Å². The van der Waals surface area contributed by atoms with Gasteiger partial charge in [-0.2, -0.15) is 0 Å². The highest BCUT2D eigenvalue weighted by Gasteiger charge is 2.21. The molecule has 28 heavy (non-hydrogen) atoms. The molecule has 0 atom stereocenters. The van der Waals surface area contributed by atoms with Gasteiger partial charge in [0.1, 0.15) is 11.6 Å². The molecule has 144 valence electrons. The minimum Gasteiger partial charge on any atom is -0.494 e. The molecule has 0 aliphatic carbocycles. The summed E-state index contributed by atoms with van der Waals surface area (Å²) < 4.78 is 10.9. The number of anilines is 2. The number of benzene rings is 2. The van der Waals surface area contributed by atoms with Crippen LogP contribution in [0.2, 0.25) is 0 Å². The zero-order chi connectivity index (χ0) is 19.3. The van der Waals surface area contributed by atoms with Gasteiger partial charge in [0.05, 0.1) is 30.9 Å². The topological polar surface area (TPSA) is 63.7 Å². The molecule has 1 aliphatic heterocycles. The van der Waals surface area contributed by atoms with E-state index in [0.717, 1.165) is 22.3 Å². The highest BCUT2D eigenvalue weighted by molar-refractivity contribution is 6.07. The van der Waals surface area contributed by atoms with E-state index >= 15 is 0 Å². The van der Waals surface area contributed by atoms with Gasteiger partial charge >= 0.3 is 0 Å². The van der Waals surface area contributed by atoms with Crippen LogP contribution in [0.5, 0.6) is 5.75 Å². The molecule has 1 aliphatic rings. The van der Waals surface area contributed by atoms with Crippen molar-refractivity contribution in [3.63, 3.8) is 0 Å². The number of aromatic nitrogens is 1. The van der Waals surface area contributed by atoms with Crippen molar-refractivity contribution in [2.75, 3.05) is 38.2 Å². The van der Waals surface area contributed by atoms with E-state index in [1.807, 2.05) is 66.4 Å². The monoisotopic (exact) mass is 377 g/mol. The van der Waals surface area contributed by atoms with Crippen molar-refractivity contribution >= 4 is 28.3 Å². The third-order valence-corrected chi connectivity index (χ3v) is 4.68. The lowest BCUT2D eigenvalue weighted by Crippen LogP contribution is -2.40. The summed E-state index contributed by atoms with van der Waals surface area (Å²) in [7, 11) is 0. The molecule has 0 bridgehead atoms. The average molecular weight is 377 g/mol. The molecule has 0 unspecified atom stereocenters. The van der Waals surface area contributed by atoms with Crippen LogP contribution in [0.3, 0.4) is 0 Å². The number of hydrogen-bond donors (Lipinski definition) is 1. The molecule has 2 aromatic carbocycles. The number of para-hydroxylation sites is 1. The standard InChI is InChI=1S/C22H23N3O3/c1-2-28-17-9-7-16(8-10-17)23-21-15-19(18-5-3-4-6-20(18)24-21)22(26)25-11-13-27-14-12-25/h3-10,15H,2,11-14H2,1H3,(H,23,24). The molecule has 1 amide bonds. The quantitative estimate of drug-likeness (QED) is 0.732. The van der Waals surface area contributed by atoms with Crippen LogP contribution in [0, 0.1) is 0 Å². The van der Waals surface area contributed by atoms with Crippen LogP contribution in [0.4, 0.5) is 11.5 Å². The minimum absolute atomic E-state index is 0.0108. The third-order valence-electron chi connectivity index (χ3n) is 4.68. The first kappa shape index (κ1) is 18.3. The second-order valence-electron chi connectivity index (χ2n) is 6.56. The number of pyridine rings is 1. The fraction of sp³-hybridized carbons (Fsp3) is 0.273. The molecule has 3 aromatic rings. The first-order valence-electron chi connectivity index (χ1n) is 9.51. The molecule has 1 aromatic heterocycles. The zero-order valence-electron chi connectivity index (χ0n) is 15.9. The average Bonchev–Trinajstić information content (AvgIpc) is 2.75. The lowest BCUT2D eigenvalue weighted by Gasteiger charge is -2.27. The van der Waals surface area contributed by atoms with Gasteiger partial charge in [-0.05, 0) is 43.3 Å². The van der Waals surface area contributed by atoms with Crippen molar-refractivity contribution in [3.05, 3.63) is 60.2 Å². The number of amides is 1. The Hall–Kier alpha value is -3.12. The van der Waals surface area contributed by atoms with Gasteiger partial charge in [0.25, 0.3) is 5.91 Å². The van der Waals surface area contributed by atoms with Gasteiger partial charge in [-0.25, -0.2) is 4.98 Å².